The van der Waals surface area contributed by atoms with Gasteiger partial charge < -0.3 is 14.8 Å². The number of pyridine rings is 1. The summed E-state index contributed by atoms with van der Waals surface area (Å²) in [5.74, 6) is -0.809. The topological polar surface area (TPSA) is 92.4 Å². The highest BCUT2D eigenvalue weighted by Crippen LogP contribution is 2.07. The maximum absolute atomic E-state index is 11.8. The van der Waals surface area contributed by atoms with Gasteiger partial charge >= 0.3 is 5.97 Å². The molecule has 6 nitrogen and oxygen atoms in total. The molecule has 6 heteroatoms. The minimum absolute atomic E-state index is 0.0857. The van der Waals surface area contributed by atoms with Gasteiger partial charge in [0.25, 0.3) is 5.91 Å². The lowest BCUT2D eigenvalue weighted by Crippen LogP contribution is -2.24. The summed E-state index contributed by atoms with van der Waals surface area (Å²) in [4.78, 5) is 26.6. The van der Waals surface area contributed by atoms with Gasteiger partial charge in [0.05, 0.1) is 24.1 Å². The highest BCUT2D eigenvalue weighted by atomic mass is 16.4. The molecule has 0 saturated carbocycles. The van der Waals surface area contributed by atoms with Crippen LogP contribution in [0.3, 0.4) is 0 Å². The van der Waals surface area contributed by atoms with Crippen molar-refractivity contribution in [1.82, 2.24) is 10.3 Å². The third kappa shape index (κ3) is 2.98. The molecule has 0 unspecified atom stereocenters. The van der Waals surface area contributed by atoms with Gasteiger partial charge in [-0.1, -0.05) is 0 Å². The Bertz CT molecular complexity index is 605. The van der Waals surface area contributed by atoms with Crippen LogP contribution in [0.2, 0.25) is 0 Å². The Labute approximate surface area is 109 Å². The van der Waals surface area contributed by atoms with Crippen LogP contribution in [0.1, 0.15) is 32.3 Å². The molecule has 0 bridgehead atoms. The van der Waals surface area contributed by atoms with Crippen molar-refractivity contribution in [1.29, 1.82) is 0 Å². The largest absolute Gasteiger partial charge is 0.478 e. The molecule has 2 heterocycles. The molecule has 0 aromatic carbocycles. The molecule has 0 spiro atoms. The van der Waals surface area contributed by atoms with Gasteiger partial charge in [-0.2, -0.15) is 0 Å². The van der Waals surface area contributed by atoms with Gasteiger partial charge in [0.2, 0.25) is 0 Å². The third-order valence-electron chi connectivity index (χ3n) is 2.55. The lowest BCUT2D eigenvalue weighted by Gasteiger charge is -2.05. The van der Waals surface area contributed by atoms with Crippen LogP contribution >= 0.6 is 0 Å². The molecule has 0 aliphatic carbocycles. The summed E-state index contributed by atoms with van der Waals surface area (Å²) in [7, 11) is 0. The Hall–Kier alpha value is -2.63. The molecular formula is C13H12N2O4. The molecule has 2 aromatic rings. The van der Waals surface area contributed by atoms with Gasteiger partial charge in [0.1, 0.15) is 11.5 Å². The monoisotopic (exact) mass is 260 g/mol. The molecule has 2 N–H and O–H groups in total. The molecule has 2 rings (SSSR count). The van der Waals surface area contributed by atoms with E-state index in [1.165, 1.54) is 18.4 Å². The van der Waals surface area contributed by atoms with E-state index in [2.05, 4.69) is 10.3 Å². The maximum atomic E-state index is 11.8. The SMILES string of the molecule is Cc1nc(C(=O)NCc2ccco2)ccc1C(=O)O. The number of hydrogen-bond donors (Lipinski definition) is 2. The molecular weight excluding hydrogens is 248 g/mol. The second-order valence-corrected chi connectivity index (χ2v) is 3.90. The number of aryl methyl sites for hydroxylation is 1. The minimum Gasteiger partial charge on any atom is -0.478 e. The molecule has 0 fully saturated rings. The summed E-state index contributed by atoms with van der Waals surface area (Å²) in [6, 6.07) is 6.22. The summed E-state index contributed by atoms with van der Waals surface area (Å²) in [5, 5.41) is 11.5. The number of carbonyl (C=O) groups excluding carboxylic acids is 1. The van der Waals surface area contributed by atoms with Crippen molar-refractivity contribution in [2.45, 2.75) is 13.5 Å². The van der Waals surface area contributed by atoms with Crippen LogP contribution in [0, 0.1) is 6.92 Å². The number of nitrogens with one attached hydrogen (secondary N) is 1. The smallest absolute Gasteiger partial charge is 0.337 e. The normalized spacial score (nSPS) is 10.2. The lowest BCUT2D eigenvalue weighted by molar-refractivity contribution is 0.0694. The van der Waals surface area contributed by atoms with E-state index in [0.29, 0.717) is 11.5 Å². The Morgan fingerprint density at radius 2 is 2.16 bits per heavy atom. The van der Waals surface area contributed by atoms with Crippen LogP contribution < -0.4 is 5.32 Å². The van der Waals surface area contributed by atoms with Gasteiger partial charge in [-0.3, -0.25) is 4.79 Å². The van der Waals surface area contributed by atoms with Crippen LogP contribution in [-0.2, 0) is 6.54 Å². The summed E-state index contributed by atoms with van der Waals surface area (Å²) in [6.07, 6.45) is 1.52. The Morgan fingerprint density at radius 1 is 1.37 bits per heavy atom. The van der Waals surface area contributed by atoms with Crippen LogP contribution in [0.25, 0.3) is 0 Å². The predicted molar refractivity (Wildman–Crippen MR) is 65.8 cm³/mol. The van der Waals surface area contributed by atoms with Gasteiger partial charge in [-0.15, -0.1) is 0 Å². The van der Waals surface area contributed by atoms with Crippen molar-refractivity contribution in [2.75, 3.05) is 0 Å². The van der Waals surface area contributed by atoms with Crippen molar-refractivity contribution in [2.24, 2.45) is 0 Å². The first-order valence-corrected chi connectivity index (χ1v) is 5.59. The number of amides is 1. The Balaban J connectivity index is 2.07. The zero-order valence-corrected chi connectivity index (χ0v) is 10.2. The predicted octanol–water partition coefficient (Wildman–Crippen LogP) is 1.61. The molecule has 0 atom stereocenters. The molecule has 19 heavy (non-hydrogen) atoms. The molecule has 1 amide bonds. The van der Waals surface area contributed by atoms with Gasteiger partial charge in [0, 0.05) is 0 Å². The summed E-state index contributed by atoms with van der Waals surface area (Å²) >= 11 is 0. The van der Waals surface area contributed by atoms with Crippen molar-refractivity contribution in [3.8, 4) is 0 Å². The molecule has 0 aliphatic heterocycles. The van der Waals surface area contributed by atoms with Crippen molar-refractivity contribution in [3.05, 3.63) is 53.2 Å². The Kier molecular flexibility index (Phi) is 3.61. The zero-order chi connectivity index (χ0) is 13.8. The lowest BCUT2D eigenvalue weighted by atomic mass is 10.2. The van der Waals surface area contributed by atoms with Crippen LogP contribution in [0.4, 0.5) is 0 Å². The second kappa shape index (κ2) is 5.34. The fraction of sp³-hybridized carbons (Fsp3) is 0.154. The average molecular weight is 260 g/mol. The average Bonchev–Trinajstić information content (AvgIpc) is 2.88. The number of furan rings is 1. The van der Waals surface area contributed by atoms with E-state index in [-0.39, 0.29) is 23.7 Å². The van der Waals surface area contributed by atoms with E-state index >= 15 is 0 Å². The Morgan fingerprint density at radius 3 is 2.74 bits per heavy atom. The van der Waals surface area contributed by atoms with E-state index in [1.54, 1.807) is 19.1 Å². The fourth-order valence-electron chi connectivity index (χ4n) is 1.58. The molecule has 0 aliphatic rings. The number of aromatic carboxylic acids is 1. The summed E-state index contributed by atoms with van der Waals surface area (Å²) in [6.45, 7) is 1.81. The maximum Gasteiger partial charge on any atom is 0.337 e. The van der Waals surface area contributed by atoms with E-state index in [9.17, 15) is 9.59 Å². The van der Waals surface area contributed by atoms with Crippen molar-refractivity contribution in [3.63, 3.8) is 0 Å². The zero-order valence-electron chi connectivity index (χ0n) is 10.2. The third-order valence-corrected chi connectivity index (χ3v) is 2.55. The summed E-state index contributed by atoms with van der Waals surface area (Å²) in [5.41, 5.74) is 0.565. The summed E-state index contributed by atoms with van der Waals surface area (Å²) < 4.78 is 5.08. The van der Waals surface area contributed by atoms with Crippen LogP contribution in [0.5, 0.6) is 0 Å². The van der Waals surface area contributed by atoms with Crippen LogP contribution in [0.15, 0.2) is 34.9 Å². The number of aromatic nitrogens is 1. The van der Waals surface area contributed by atoms with Crippen molar-refractivity contribution < 1.29 is 19.1 Å². The van der Waals surface area contributed by atoms with Crippen molar-refractivity contribution >= 4 is 11.9 Å². The van der Waals surface area contributed by atoms with Gasteiger partial charge in [0.15, 0.2) is 0 Å². The van der Waals surface area contributed by atoms with E-state index in [1.807, 2.05) is 0 Å². The number of nitrogens with zero attached hydrogens (tertiary/aromatic N) is 1. The molecule has 2 aromatic heterocycles. The van der Waals surface area contributed by atoms with Gasteiger partial charge in [-0.05, 0) is 31.2 Å². The number of carboxylic acids is 1. The quantitative estimate of drug-likeness (QED) is 0.871. The highest BCUT2D eigenvalue weighted by Gasteiger charge is 2.13. The highest BCUT2D eigenvalue weighted by molar-refractivity contribution is 5.94. The minimum atomic E-state index is -1.06. The number of rotatable bonds is 4. The van der Waals surface area contributed by atoms with E-state index in [0.717, 1.165) is 0 Å². The molecule has 98 valence electrons. The number of carboxylic acid groups (broad SMARTS) is 1. The number of carbonyl (C=O) groups is 2. The first-order valence-electron chi connectivity index (χ1n) is 5.59. The van der Waals surface area contributed by atoms with Crippen LogP contribution in [-0.4, -0.2) is 22.0 Å². The fourth-order valence-corrected chi connectivity index (χ4v) is 1.58. The second-order valence-electron chi connectivity index (χ2n) is 3.90. The van der Waals surface area contributed by atoms with Gasteiger partial charge in [-0.25, -0.2) is 9.78 Å². The molecule has 0 radical (unpaired) electrons. The van der Waals surface area contributed by atoms with E-state index < -0.39 is 5.97 Å². The first kappa shape index (κ1) is 12.8. The molecule has 0 saturated heterocycles. The standard InChI is InChI=1S/C13H12N2O4/c1-8-10(13(17)18)4-5-11(15-8)12(16)14-7-9-3-2-6-19-9/h2-6H,7H2,1H3,(H,14,16)(H,17,18). The van der Waals surface area contributed by atoms with E-state index in [4.69, 9.17) is 9.52 Å². The first-order chi connectivity index (χ1) is 9.08. The number of hydrogen-bond acceptors (Lipinski definition) is 4.